The van der Waals surface area contributed by atoms with Crippen LogP contribution in [0.1, 0.15) is 40.3 Å². The van der Waals surface area contributed by atoms with Crippen LogP contribution in [0, 0.1) is 20.8 Å². The minimum absolute atomic E-state index is 0.0818. The van der Waals surface area contributed by atoms with Gasteiger partial charge in [0, 0.05) is 18.7 Å². The lowest BCUT2D eigenvalue weighted by atomic mass is 10.1. The molecule has 0 saturated heterocycles. The monoisotopic (exact) mass is 264 g/mol. The standard InChI is InChI=1S/C14H20N2O3/c1-8-9(2)19-10(3)13(8)14(18)16(4)7-12(17)15-11-5-6-11/h11H,5-7H2,1-4H3,(H,15,17). The highest BCUT2D eigenvalue weighted by molar-refractivity contribution is 5.98. The van der Waals surface area contributed by atoms with Crippen LogP contribution >= 0.6 is 0 Å². The summed E-state index contributed by atoms with van der Waals surface area (Å²) in [4.78, 5) is 25.4. The molecular formula is C14H20N2O3. The third-order valence-electron chi connectivity index (χ3n) is 3.45. The van der Waals surface area contributed by atoms with Gasteiger partial charge < -0.3 is 14.6 Å². The Kier molecular flexibility index (Phi) is 3.64. The summed E-state index contributed by atoms with van der Waals surface area (Å²) >= 11 is 0. The lowest BCUT2D eigenvalue weighted by Gasteiger charge is -2.16. The summed E-state index contributed by atoms with van der Waals surface area (Å²) in [5, 5.41) is 2.87. The Bertz CT molecular complexity index is 515. The summed E-state index contributed by atoms with van der Waals surface area (Å²) in [7, 11) is 1.63. The zero-order valence-electron chi connectivity index (χ0n) is 11.9. The highest BCUT2D eigenvalue weighted by Gasteiger charge is 2.26. The average molecular weight is 264 g/mol. The van der Waals surface area contributed by atoms with Crippen molar-refractivity contribution in [1.29, 1.82) is 0 Å². The topological polar surface area (TPSA) is 62.6 Å². The SMILES string of the molecule is Cc1oc(C)c(C(=O)N(C)CC(=O)NC2CC2)c1C. The third-order valence-corrected chi connectivity index (χ3v) is 3.45. The Morgan fingerprint density at radius 2 is 1.89 bits per heavy atom. The van der Waals surface area contributed by atoms with Crippen LogP contribution in [-0.4, -0.2) is 36.3 Å². The number of hydrogen-bond acceptors (Lipinski definition) is 3. The Labute approximate surface area is 113 Å². The van der Waals surface area contributed by atoms with Gasteiger partial charge in [0.15, 0.2) is 0 Å². The zero-order valence-corrected chi connectivity index (χ0v) is 11.9. The van der Waals surface area contributed by atoms with Gasteiger partial charge in [-0.1, -0.05) is 0 Å². The summed E-state index contributed by atoms with van der Waals surface area (Å²) in [6, 6.07) is 0.315. The van der Waals surface area contributed by atoms with E-state index in [9.17, 15) is 9.59 Å². The third kappa shape index (κ3) is 2.97. The molecule has 1 aromatic rings. The molecule has 2 amide bonds. The smallest absolute Gasteiger partial charge is 0.257 e. The average Bonchev–Trinajstić information content (AvgIpc) is 3.07. The number of carbonyl (C=O) groups is 2. The Morgan fingerprint density at radius 3 is 2.37 bits per heavy atom. The number of likely N-dealkylation sites (N-methyl/N-ethyl adjacent to an activating group) is 1. The van der Waals surface area contributed by atoms with Gasteiger partial charge in [0.25, 0.3) is 5.91 Å². The van der Waals surface area contributed by atoms with Crippen molar-refractivity contribution in [2.45, 2.75) is 39.7 Å². The van der Waals surface area contributed by atoms with Gasteiger partial charge in [-0.25, -0.2) is 0 Å². The second-order valence-corrected chi connectivity index (χ2v) is 5.22. The van der Waals surface area contributed by atoms with Crippen LogP contribution in [0.5, 0.6) is 0 Å². The van der Waals surface area contributed by atoms with E-state index in [0.29, 0.717) is 17.4 Å². The van der Waals surface area contributed by atoms with Crippen molar-refractivity contribution in [3.05, 3.63) is 22.6 Å². The van der Waals surface area contributed by atoms with Crippen molar-refractivity contribution in [3.8, 4) is 0 Å². The van der Waals surface area contributed by atoms with Crippen molar-refractivity contribution in [1.82, 2.24) is 10.2 Å². The van der Waals surface area contributed by atoms with E-state index in [1.54, 1.807) is 14.0 Å². The Balaban J connectivity index is 2.03. The van der Waals surface area contributed by atoms with Crippen molar-refractivity contribution in [3.63, 3.8) is 0 Å². The molecule has 104 valence electrons. The first kappa shape index (κ1) is 13.6. The van der Waals surface area contributed by atoms with Crippen LogP contribution in [0.25, 0.3) is 0 Å². The van der Waals surface area contributed by atoms with E-state index in [1.165, 1.54) is 4.90 Å². The summed E-state index contributed by atoms with van der Waals surface area (Å²) in [6.45, 7) is 5.54. The normalized spacial score (nSPS) is 14.3. The van der Waals surface area contributed by atoms with Crippen LogP contribution in [0.4, 0.5) is 0 Å². The number of amides is 2. The lowest BCUT2D eigenvalue weighted by molar-refractivity contribution is -0.121. The summed E-state index contributed by atoms with van der Waals surface area (Å²) in [6.07, 6.45) is 2.09. The molecule has 1 aromatic heterocycles. The first-order chi connectivity index (χ1) is 8.90. The number of rotatable bonds is 4. The molecule has 1 aliphatic rings. The highest BCUT2D eigenvalue weighted by Crippen LogP contribution is 2.22. The van der Waals surface area contributed by atoms with Crippen LogP contribution in [0.2, 0.25) is 0 Å². The van der Waals surface area contributed by atoms with Crippen molar-refractivity contribution in [2.75, 3.05) is 13.6 Å². The lowest BCUT2D eigenvalue weighted by Crippen LogP contribution is -2.39. The zero-order chi connectivity index (χ0) is 14.2. The molecule has 5 nitrogen and oxygen atoms in total. The molecule has 0 unspecified atom stereocenters. The molecule has 19 heavy (non-hydrogen) atoms. The predicted molar refractivity (Wildman–Crippen MR) is 71.0 cm³/mol. The van der Waals surface area contributed by atoms with Crippen LogP contribution in [-0.2, 0) is 4.79 Å². The molecule has 0 radical (unpaired) electrons. The van der Waals surface area contributed by atoms with Crippen LogP contribution in [0.3, 0.4) is 0 Å². The number of furan rings is 1. The molecule has 0 atom stereocenters. The molecule has 0 spiro atoms. The van der Waals surface area contributed by atoms with Gasteiger partial charge in [0.1, 0.15) is 11.5 Å². The van der Waals surface area contributed by atoms with Crippen molar-refractivity contribution < 1.29 is 14.0 Å². The molecule has 1 fully saturated rings. The molecule has 2 rings (SSSR count). The van der Waals surface area contributed by atoms with E-state index in [0.717, 1.165) is 24.2 Å². The number of aryl methyl sites for hydroxylation is 2. The molecule has 0 bridgehead atoms. The van der Waals surface area contributed by atoms with E-state index in [4.69, 9.17) is 4.42 Å². The second-order valence-electron chi connectivity index (χ2n) is 5.22. The number of nitrogens with zero attached hydrogens (tertiary/aromatic N) is 1. The number of carbonyl (C=O) groups excluding carboxylic acids is 2. The Hall–Kier alpha value is -1.78. The molecular weight excluding hydrogens is 244 g/mol. The quantitative estimate of drug-likeness (QED) is 0.897. The molecule has 0 aliphatic heterocycles. The maximum atomic E-state index is 12.3. The highest BCUT2D eigenvalue weighted by atomic mass is 16.3. The first-order valence-electron chi connectivity index (χ1n) is 6.51. The van der Waals surface area contributed by atoms with Gasteiger partial charge in [0.2, 0.25) is 5.91 Å². The van der Waals surface area contributed by atoms with Crippen LogP contribution < -0.4 is 5.32 Å². The second kappa shape index (κ2) is 5.07. The van der Waals surface area contributed by atoms with Crippen molar-refractivity contribution in [2.24, 2.45) is 0 Å². The van der Waals surface area contributed by atoms with Gasteiger partial charge in [-0.15, -0.1) is 0 Å². The maximum Gasteiger partial charge on any atom is 0.257 e. The first-order valence-corrected chi connectivity index (χ1v) is 6.51. The van der Waals surface area contributed by atoms with E-state index >= 15 is 0 Å². The summed E-state index contributed by atoms with van der Waals surface area (Å²) in [5.41, 5.74) is 1.41. The largest absolute Gasteiger partial charge is 0.466 e. The van der Waals surface area contributed by atoms with E-state index in [-0.39, 0.29) is 18.4 Å². The van der Waals surface area contributed by atoms with E-state index < -0.39 is 0 Å². The summed E-state index contributed by atoms with van der Waals surface area (Å²) < 4.78 is 5.45. The molecule has 1 N–H and O–H groups in total. The van der Waals surface area contributed by atoms with Gasteiger partial charge in [-0.2, -0.15) is 0 Å². The molecule has 0 aromatic carbocycles. The van der Waals surface area contributed by atoms with Gasteiger partial charge >= 0.3 is 0 Å². The minimum atomic E-state index is -0.169. The fourth-order valence-electron chi connectivity index (χ4n) is 2.09. The maximum absolute atomic E-state index is 12.3. The van der Waals surface area contributed by atoms with Crippen LogP contribution in [0.15, 0.2) is 4.42 Å². The minimum Gasteiger partial charge on any atom is -0.466 e. The van der Waals surface area contributed by atoms with Gasteiger partial charge in [0.05, 0.1) is 12.1 Å². The van der Waals surface area contributed by atoms with E-state index in [1.807, 2.05) is 13.8 Å². The number of hydrogen-bond donors (Lipinski definition) is 1. The molecule has 1 heterocycles. The fraction of sp³-hybridized carbons (Fsp3) is 0.571. The molecule has 1 aliphatic carbocycles. The van der Waals surface area contributed by atoms with Gasteiger partial charge in [-0.3, -0.25) is 9.59 Å². The van der Waals surface area contributed by atoms with Crippen molar-refractivity contribution >= 4 is 11.8 Å². The van der Waals surface area contributed by atoms with E-state index in [2.05, 4.69) is 5.32 Å². The Morgan fingerprint density at radius 1 is 1.26 bits per heavy atom. The summed E-state index contributed by atoms with van der Waals surface area (Å²) in [5.74, 6) is 1.08. The fourth-order valence-corrected chi connectivity index (χ4v) is 2.09. The number of nitrogens with one attached hydrogen (secondary N) is 1. The predicted octanol–water partition coefficient (Wildman–Crippen LogP) is 1.56. The molecule has 5 heteroatoms. The molecule has 1 saturated carbocycles. The van der Waals surface area contributed by atoms with Gasteiger partial charge in [-0.05, 0) is 33.6 Å².